The zero-order chi connectivity index (χ0) is 19.7. The molecule has 0 radical (unpaired) electrons. The third kappa shape index (κ3) is 3.75. The van der Waals surface area contributed by atoms with Gasteiger partial charge in [0.15, 0.2) is 0 Å². The number of hydrogen-bond acceptors (Lipinski definition) is 8. The molecule has 0 atom stereocenters. The number of nitrogens with one attached hydrogen (secondary N) is 2. The molecule has 0 spiro atoms. The average Bonchev–Trinajstić information content (AvgIpc) is 3.13. The Hall–Kier alpha value is -2.82. The second-order valence-electron chi connectivity index (χ2n) is 6.63. The van der Waals surface area contributed by atoms with Crippen molar-refractivity contribution in [3.05, 3.63) is 40.2 Å². The minimum absolute atomic E-state index is 0.0848. The van der Waals surface area contributed by atoms with Crippen molar-refractivity contribution in [3.8, 4) is 10.6 Å². The number of anilines is 2. The fourth-order valence-electron chi connectivity index (χ4n) is 3.16. The first-order valence-corrected chi connectivity index (χ1v) is 9.84. The molecule has 9 nitrogen and oxygen atoms in total. The molecular formula is C18H21N7O2S. The molecule has 0 saturated carbocycles. The molecule has 0 aliphatic carbocycles. The topological polar surface area (TPSA) is 118 Å². The van der Waals surface area contributed by atoms with E-state index < -0.39 is 0 Å². The number of nitrogens with two attached hydrogens (primary N) is 1. The summed E-state index contributed by atoms with van der Waals surface area (Å²) < 4.78 is 1.33. The molecule has 1 amide bonds. The van der Waals surface area contributed by atoms with Crippen LogP contribution < -0.4 is 26.8 Å². The Bertz CT molecular complexity index is 1090. The summed E-state index contributed by atoms with van der Waals surface area (Å²) in [5.41, 5.74) is 7.59. The van der Waals surface area contributed by atoms with E-state index in [9.17, 15) is 9.59 Å². The van der Waals surface area contributed by atoms with Gasteiger partial charge in [0.05, 0.1) is 6.54 Å². The van der Waals surface area contributed by atoms with E-state index in [1.807, 2.05) is 25.1 Å². The molecule has 1 fully saturated rings. The highest BCUT2D eigenvalue weighted by Gasteiger charge is 2.16. The van der Waals surface area contributed by atoms with Crippen LogP contribution in [0, 0.1) is 6.92 Å². The van der Waals surface area contributed by atoms with Crippen molar-refractivity contribution in [2.75, 3.05) is 42.9 Å². The van der Waals surface area contributed by atoms with E-state index in [0.29, 0.717) is 21.5 Å². The Labute approximate surface area is 165 Å². The first kappa shape index (κ1) is 18.5. The molecule has 1 aliphatic heterocycles. The van der Waals surface area contributed by atoms with Crippen LogP contribution >= 0.6 is 11.3 Å². The third-order valence-corrected chi connectivity index (χ3v) is 5.42. The zero-order valence-corrected chi connectivity index (χ0v) is 16.3. The lowest BCUT2D eigenvalue weighted by atomic mass is 10.1. The van der Waals surface area contributed by atoms with Crippen LogP contribution in [0.5, 0.6) is 0 Å². The standard InChI is InChI=1S/C18H21N7O2S/c1-11-6-12(8-13(7-11)21-15(26)10-19)17-23-25-16(27)9-14(22-18(25)28-17)24-4-2-20-3-5-24/h6-9,20H,2-5,10,19H2,1H3,(H,21,26). The summed E-state index contributed by atoms with van der Waals surface area (Å²) in [5.74, 6) is 0.418. The van der Waals surface area contributed by atoms with Gasteiger partial charge < -0.3 is 21.3 Å². The number of aromatic nitrogens is 3. The Morgan fingerprint density at radius 3 is 2.82 bits per heavy atom. The molecule has 1 saturated heterocycles. The lowest BCUT2D eigenvalue weighted by Gasteiger charge is -2.27. The first-order chi connectivity index (χ1) is 13.5. The number of nitrogens with zero attached hydrogens (tertiary/aromatic N) is 4. The second kappa shape index (κ2) is 7.66. The fraction of sp³-hybridized carbons (Fsp3) is 0.333. The quantitative estimate of drug-likeness (QED) is 0.582. The molecule has 1 aromatic carbocycles. The summed E-state index contributed by atoms with van der Waals surface area (Å²) in [7, 11) is 0. The van der Waals surface area contributed by atoms with Gasteiger partial charge in [-0.25, -0.2) is 4.98 Å². The van der Waals surface area contributed by atoms with Crippen LogP contribution in [0.4, 0.5) is 11.5 Å². The van der Waals surface area contributed by atoms with E-state index in [1.54, 1.807) is 0 Å². The van der Waals surface area contributed by atoms with E-state index in [0.717, 1.165) is 37.3 Å². The van der Waals surface area contributed by atoms with E-state index in [2.05, 4.69) is 25.6 Å². The number of rotatable bonds is 4. The van der Waals surface area contributed by atoms with Crippen molar-refractivity contribution in [2.24, 2.45) is 5.73 Å². The summed E-state index contributed by atoms with van der Waals surface area (Å²) >= 11 is 1.35. The van der Waals surface area contributed by atoms with Crippen molar-refractivity contribution >= 4 is 33.7 Å². The summed E-state index contributed by atoms with van der Waals surface area (Å²) in [6.07, 6.45) is 0. The van der Waals surface area contributed by atoms with E-state index in [-0.39, 0.29) is 18.0 Å². The molecular weight excluding hydrogens is 378 g/mol. The lowest BCUT2D eigenvalue weighted by molar-refractivity contribution is -0.114. The highest BCUT2D eigenvalue weighted by Crippen LogP contribution is 2.28. The number of amides is 1. The molecule has 0 bridgehead atoms. The molecule has 3 aromatic rings. The number of hydrogen-bond donors (Lipinski definition) is 3. The Balaban J connectivity index is 1.72. The SMILES string of the molecule is Cc1cc(NC(=O)CN)cc(-c2nn3c(=O)cc(N4CCNCC4)nc3s2)c1. The summed E-state index contributed by atoms with van der Waals surface area (Å²) in [5, 5.41) is 11.1. The Morgan fingerprint density at radius 1 is 1.29 bits per heavy atom. The molecule has 4 N–H and O–H groups in total. The molecule has 3 heterocycles. The number of fused-ring (bicyclic) bond motifs is 1. The van der Waals surface area contributed by atoms with Gasteiger partial charge in [-0.1, -0.05) is 11.3 Å². The van der Waals surface area contributed by atoms with Crippen molar-refractivity contribution in [1.29, 1.82) is 0 Å². The normalized spacial score (nSPS) is 14.4. The summed E-state index contributed by atoms with van der Waals surface area (Å²) in [6, 6.07) is 7.17. The minimum atomic E-state index is -0.264. The largest absolute Gasteiger partial charge is 0.354 e. The maximum atomic E-state index is 12.6. The van der Waals surface area contributed by atoms with Crippen LogP contribution in [0.2, 0.25) is 0 Å². The van der Waals surface area contributed by atoms with Gasteiger partial charge in [0, 0.05) is 43.5 Å². The Morgan fingerprint density at radius 2 is 2.07 bits per heavy atom. The van der Waals surface area contributed by atoms with Gasteiger partial charge in [-0.15, -0.1) is 0 Å². The van der Waals surface area contributed by atoms with E-state index in [4.69, 9.17) is 5.73 Å². The molecule has 10 heteroatoms. The minimum Gasteiger partial charge on any atom is -0.354 e. The molecule has 1 aliphatic rings. The number of aryl methyl sites for hydroxylation is 1. The highest BCUT2D eigenvalue weighted by atomic mass is 32.1. The van der Waals surface area contributed by atoms with Gasteiger partial charge in [0.1, 0.15) is 10.8 Å². The predicted octanol–water partition coefficient (Wildman–Crippen LogP) is 0.433. The number of carbonyl (C=O) groups is 1. The van der Waals surface area contributed by atoms with Crippen LogP contribution in [0.15, 0.2) is 29.1 Å². The molecule has 0 unspecified atom stereocenters. The maximum Gasteiger partial charge on any atom is 0.277 e. The van der Waals surface area contributed by atoms with Gasteiger partial charge in [-0.05, 0) is 30.7 Å². The maximum absolute atomic E-state index is 12.6. The van der Waals surface area contributed by atoms with Crippen LogP contribution in [0.3, 0.4) is 0 Å². The second-order valence-corrected chi connectivity index (χ2v) is 7.59. The van der Waals surface area contributed by atoms with Gasteiger partial charge in [-0.3, -0.25) is 9.59 Å². The van der Waals surface area contributed by atoms with Crippen molar-refractivity contribution in [1.82, 2.24) is 19.9 Å². The van der Waals surface area contributed by atoms with Gasteiger partial charge >= 0.3 is 0 Å². The van der Waals surface area contributed by atoms with E-state index >= 15 is 0 Å². The number of piperazine rings is 1. The Kier molecular flexibility index (Phi) is 5.07. The summed E-state index contributed by atoms with van der Waals surface area (Å²) in [6.45, 7) is 5.22. The number of carbonyl (C=O) groups excluding carboxylic acids is 1. The summed E-state index contributed by atoms with van der Waals surface area (Å²) in [4.78, 5) is 31.5. The van der Waals surface area contributed by atoms with E-state index in [1.165, 1.54) is 21.9 Å². The monoisotopic (exact) mass is 399 g/mol. The van der Waals surface area contributed by atoms with Gasteiger partial charge in [-0.2, -0.15) is 9.61 Å². The molecule has 2 aromatic heterocycles. The van der Waals surface area contributed by atoms with Gasteiger partial charge in [0.25, 0.3) is 5.56 Å². The molecule has 4 rings (SSSR count). The van der Waals surface area contributed by atoms with Crippen LogP contribution in [-0.4, -0.2) is 53.2 Å². The van der Waals surface area contributed by atoms with Crippen LogP contribution in [0.25, 0.3) is 15.5 Å². The lowest BCUT2D eigenvalue weighted by Crippen LogP contribution is -2.44. The first-order valence-electron chi connectivity index (χ1n) is 9.02. The van der Waals surface area contributed by atoms with Crippen LogP contribution in [-0.2, 0) is 4.79 Å². The zero-order valence-electron chi connectivity index (χ0n) is 15.4. The van der Waals surface area contributed by atoms with Crippen LogP contribution in [0.1, 0.15) is 5.56 Å². The average molecular weight is 399 g/mol. The van der Waals surface area contributed by atoms with Crippen molar-refractivity contribution < 1.29 is 4.79 Å². The molecule has 28 heavy (non-hydrogen) atoms. The predicted molar refractivity (Wildman–Crippen MR) is 110 cm³/mol. The smallest absolute Gasteiger partial charge is 0.277 e. The number of benzene rings is 1. The van der Waals surface area contributed by atoms with Crippen molar-refractivity contribution in [3.63, 3.8) is 0 Å². The highest BCUT2D eigenvalue weighted by molar-refractivity contribution is 7.19. The fourth-order valence-corrected chi connectivity index (χ4v) is 4.05. The molecule has 146 valence electrons. The van der Waals surface area contributed by atoms with Gasteiger partial charge in [0.2, 0.25) is 10.9 Å². The van der Waals surface area contributed by atoms with Crippen molar-refractivity contribution in [2.45, 2.75) is 6.92 Å². The third-order valence-electron chi connectivity index (χ3n) is 4.47.